The van der Waals surface area contributed by atoms with E-state index in [0.717, 1.165) is 25.2 Å². The van der Waals surface area contributed by atoms with Crippen LogP contribution in [0.3, 0.4) is 0 Å². The summed E-state index contributed by atoms with van der Waals surface area (Å²) in [4.78, 5) is 13.3. The van der Waals surface area contributed by atoms with Crippen molar-refractivity contribution in [1.29, 1.82) is 0 Å². The highest BCUT2D eigenvalue weighted by Crippen LogP contribution is 2.68. The topological polar surface area (TPSA) is 26.3 Å². The van der Waals surface area contributed by atoms with Crippen LogP contribution in [-0.2, 0) is 9.53 Å². The van der Waals surface area contributed by atoms with Crippen molar-refractivity contribution >= 4 is 5.97 Å². The number of ether oxygens (including phenoxy) is 1. The van der Waals surface area contributed by atoms with Crippen molar-refractivity contribution in [2.75, 3.05) is 0 Å². The van der Waals surface area contributed by atoms with Crippen LogP contribution in [0.4, 0.5) is 0 Å². The number of carbonyl (C=O) groups excluding carboxylic acids is 1. The first-order valence-electron chi connectivity index (χ1n) is 10.2. The summed E-state index contributed by atoms with van der Waals surface area (Å²) in [5, 5.41) is 0. The van der Waals surface area contributed by atoms with Gasteiger partial charge in [0, 0.05) is 5.92 Å². The lowest BCUT2D eigenvalue weighted by Crippen LogP contribution is -2.49. The molecule has 3 rings (SSSR count). The third-order valence-electron chi connectivity index (χ3n) is 7.40. The molecular weight excluding hydrogens is 296 g/mol. The molecule has 4 atom stereocenters. The second-order valence-corrected chi connectivity index (χ2v) is 11.1. The number of hydrogen-bond acceptors (Lipinski definition) is 2. The van der Waals surface area contributed by atoms with E-state index >= 15 is 0 Å². The Kier molecular flexibility index (Phi) is 4.37. The molecule has 0 aromatic rings. The molecule has 0 spiro atoms. The first-order chi connectivity index (χ1) is 11.0. The van der Waals surface area contributed by atoms with E-state index in [1.807, 2.05) is 0 Å². The normalized spacial score (nSPS) is 41.4. The first kappa shape index (κ1) is 18.3. The average Bonchev–Trinajstić information content (AvgIpc) is 2.99. The molecular formula is C22H38O2. The van der Waals surface area contributed by atoms with Crippen molar-refractivity contribution < 1.29 is 9.53 Å². The van der Waals surface area contributed by atoms with Gasteiger partial charge in [-0.25, -0.2) is 0 Å². The molecule has 0 saturated heterocycles. The Labute approximate surface area is 149 Å². The van der Waals surface area contributed by atoms with Crippen LogP contribution in [0.2, 0.25) is 0 Å². The van der Waals surface area contributed by atoms with Crippen molar-refractivity contribution in [2.45, 2.75) is 105 Å². The zero-order valence-electron chi connectivity index (χ0n) is 16.8. The summed E-state index contributed by atoms with van der Waals surface area (Å²) in [7, 11) is 0. The third-order valence-corrected chi connectivity index (χ3v) is 7.40. The van der Waals surface area contributed by atoms with Crippen molar-refractivity contribution in [3.8, 4) is 0 Å². The Morgan fingerprint density at radius 3 is 2.21 bits per heavy atom. The van der Waals surface area contributed by atoms with Crippen LogP contribution in [-0.4, -0.2) is 11.6 Å². The van der Waals surface area contributed by atoms with Gasteiger partial charge in [-0.3, -0.25) is 4.79 Å². The summed E-state index contributed by atoms with van der Waals surface area (Å²) in [6.07, 6.45) is 10.8. The van der Waals surface area contributed by atoms with Gasteiger partial charge >= 0.3 is 5.97 Å². The zero-order chi connectivity index (χ0) is 17.8. The number of carbonyl (C=O) groups is 1. The molecule has 0 aromatic heterocycles. The second kappa shape index (κ2) is 5.74. The van der Waals surface area contributed by atoms with Crippen molar-refractivity contribution in [2.24, 2.45) is 28.1 Å². The van der Waals surface area contributed by atoms with E-state index in [9.17, 15) is 4.79 Å². The fourth-order valence-electron chi connectivity index (χ4n) is 6.03. The van der Waals surface area contributed by atoms with Gasteiger partial charge < -0.3 is 4.74 Å². The molecule has 3 saturated carbocycles. The van der Waals surface area contributed by atoms with Crippen molar-refractivity contribution in [1.82, 2.24) is 0 Å². The van der Waals surface area contributed by atoms with E-state index in [2.05, 4.69) is 41.5 Å². The van der Waals surface area contributed by atoms with Crippen LogP contribution in [0, 0.1) is 28.1 Å². The van der Waals surface area contributed by atoms with Gasteiger partial charge in [0.25, 0.3) is 0 Å². The van der Waals surface area contributed by atoms with Gasteiger partial charge in [-0.2, -0.15) is 0 Å². The maximum Gasteiger partial charge on any atom is 0.313 e. The van der Waals surface area contributed by atoms with E-state index in [1.165, 1.54) is 38.5 Å². The molecule has 0 N–H and O–H groups in total. The van der Waals surface area contributed by atoms with Crippen molar-refractivity contribution in [3.05, 3.63) is 0 Å². The van der Waals surface area contributed by atoms with E-state index in [-0.39, 0.29) is 27.8 Å². The molecule has 4 unspecified atom stereocenters. The fraction of sp³-hybridized carbons (Fsp3) is 0.955. The van der Waals surface area contributed by atoms with E-state index < -0.39 is 0 Å². The maximum absolute atomic E-state index is 13.3. The number of esters is 1. The molecule has 0 aromatic carbocycles. The van der Waals surface area contributed by atoms with Crippen LogP contribution in [0.25, 0.3) is 0 Å². The summed E-state index contributed by atoms with van der Waals surface area (Å²) in [5.74, 6) is 1.49. The lowest BCUT2D eigenvalue weighted by molar-refractivity contribution is -0.183. The molecule has 3 aliphatic carbocycles. The third kappa shape index (κ3) is 3.15. The molecule has 24 heavy (non-hydrogen) atoms. The van der Waals surface area contributed by atoms with E-state index in [4.69, 9.17) is 4.74 Å². The minimum absolute atomic E-state index is 0.0916. The molecule has 0 amide bonds. The quantitative estimate of drug-likeness (QED) is 0.580. The van der Waals surface area contributed by atoms with Gasteiger partial charge in [-0.15, -0.1) is 0 Å². The van der Waals surface area contributed by atoms with E-state index in [1.54, 1.807) is 0 Å². The van der Waals surface area contributed by atoms with Crippen molar-refractivity contribution in [3.63, 3.8) is 0 Å². The molecule has 0 radical (unpaired) electrons. The van der Waals surface area contributed by atoms with Gasteiger partial charge in [-0.1, -0.05) is 53.9 Å². The Hall–Kier alpha value is -0.530. The SMILES string of the molecule is CC(C)(C)CC1(C(=O)OC2(C)CCCC3CCCCC32)CC1(C)C. The van der Waals surface area contributed by atoms with Gasteiger partial charge in [0.1, 0.15) is 5.60 Å². The van der Waals surface area contributed by atoms with Crippen LogP contribution in [0.5, 0.6) is 0 Å². The molecule has 0 heterocycles. The molecule has 2 heteroatoms. The Balaban J connectivity index is 1.77. The predicted octanol–water partition coefficient (Wildman–Crippen LogP) is 6.13. The lowest BCUT2D eigenvalue weighted by Gasteiger charge is -2.48. The Bertz CT molecular complexity index is 499. The number of hydrogen-bond donors (Lipinski definition) is 0. The largest absolute Gasteiger partial charge is 0.459 e. The minimum atomic E-state index is -0.254. The zero-order valence-corrected chi connectivity index (χ0v) is 16.8. The standard InChI is InChI=1S/C22H38O2/c1-19(2,3)14-22(15-20(22,4)5)18(23)24-21(6)13-9-11-16-10-7-8-12-17(16)21/h16-17H,7-15H2,1-6H3. The predicted molar refractivity (Wildman–Crippen MR) is 98.7 cm³/mol. The molecule has 138 valence electrons. The summed E-state index contributed by atoms with van der Waals surface area (Å²) >= 11 is 0. The Morgan fingerprint density at radius 2 is 1.62 bits per heavy atom. The molecule has 0 bridgehead atoms. The average molecular weight is 335 g/mol. The smallest absolute Gasteiger partial charge is 0.313 e. The number of fused-ring (bicyclic) bond motifs is 1. The van der Waals surface area contributed by atoms with Gasteiger partial charge in [0.2, 0.25) is 0 Å². The maximum atomic E-state index is 13.3. The minimum Gasteiger partial charge on any atom is -0.459 e. The highest BCUT2D eigenvalue weighted by atomic mass is 16.6. The number of rotatable bonds is 3. The summed E-state index contributed by atoms with van der Waals surface area (Å²) in [6.45, 7) is 13.5. The van der Waals surface area contributed by atoms with Crippen LogP contribution in [0.1, 0.15) is 99.3 Å². The molecule has 2 nitrogen and oxygen atoms in total. The van der Waals surface area contributed by atoms with Gasteiger partial charge in [-0.05, 0) is 62.2 Å². The van der Waals surface area contributed by atoms with E-state index in [0.29, 0.717) is 5.92 Å². The Morgan fingerprint density at radius 1 is 1.04 bits per heavy atom. The molecule has 3 fully saturated rings. The highest BCUT2D eigenvalue weighted by Gasteiger charge is 2.68. The summed E-state index contributed by atoms with van der Waals surface area (Å²) < 4.78 is 6.42. The fourth-order valence-corrected chi connectivity index (χ4v) is 6.03. The highest BCUT2D eigenvalue weighted by molar-refractivity contribution is 5.82. The first-order valence-corrected chi connectivity index (χ1v) is 10.2. The summed E-state index contributed by atoms with van der Waals surface area (Å²) in [5.41, 5.74) is -0.220. The van der Waals surface area contributed by atoms with Crippen LogP contribution >= 0.6 is 0 Å². The van der Waals surface area contributed by atoms with Crippen LogP contribution < -0.4 is 0 Å². The molecule has 0 aliphatic heterocycles. The lowest BCUT2D eigenvalue weighted by atomic mass is 9.63. The van der Waals surface area contributed by atoms with Gasteiger partial charge in [0.15, 0.2) is 0 Å². The second-order valence-electron chi connectivity index (χ2n) is 11.1. The summed E-state index contributed by atoms with van der Waals surface area (Å²) in [6, 6.07) is 0. The van der Waals surface area contributed by atoms with Crippen LogP contribution in [0.15, 0.2) is 0 Å². The van der Waals surface area contributed by atoms with Gasteiger partial charge in [0.05, 0.1) is 5.41 Å². The molecule has 3 aliphatic rings. The monoisotopic (exact) mass is 334 g/mol.